The van der Waals surface area contributed by atoms with Crippen molar-refractivity contribution < 1.29 is 23.0 Å². The number of rotatable bonds is 3. The topological polar surface area (TPSA) is 77.2 Å². The number of hydrogen-bond donors (Lipinski definition) is 1. The maximum atomic E-state index is 13.3. The van der Waals surface area contributed by atoms with Crippen LogP contribution in [0.4, 0.5) is 8.78 Å². The summed E-state index contributed by atoms with van der Waals surface area (Å²) in [5.41, 5.74) is 6.58. The fourth-order valence-corrected chi connectivity index (χ4v) is 4.64. The molecule has 8 heteroatoms. The first-order chi connectivity index (χ1) is 14.3. The number of carbonyl (C=O) groups excluding carboxylic acids is 1. The standard InChI is InChI=1S/C22H21F2N3O3/c1-27-18(28)22(26-20(27)25)12-21(8-3-9-21)30-17-7-6-14(11-16(17)22)13-4-2-5-15(10-13)29-19(23)24/h2,4-7,10-11,19H,3,8-9,12H2,1H3,(H2,25,26). The third-order valence-electron chi connectivity index (χ3n) is 6.29. The van der Waals surface area contributed by atoms with E-state index in [1.807, 2.05) is 18.2 Å². The summed E-state index contributed by atoms with van der Waals surface area (Å²) < 4.78 is 36.0. The lowest BCUT2D eigenvalue weighted by Gasteiger charge is -2.50. The Morgan fingerprint density at radius 2 is 1.97 bits per heavy atom. The monoisotopic (exact) mass is 413 g/mol. The molecule has 6 nitrogen and oxygen atoms in total. The lowest BCUT2D eigenvalue weighted by atomic mass is 9.67. The number of ether oxygens (including phenoxy) is 2. The Bertz CT molecular complexity index is 1070. The van der Waals surface area contributed by atoms with Gasteiger partial charge in [0.25, 0.3) is 5.91 Å². The van der Waals surface area contributed by atoms with Crippen LogP contribution in [0.15, 0.2) is 47.5 Å². The highest BCUT2D eigenvalue weighted by Gasteiger charge is 2.59. The predicted octanol–water partition coefficient (Wildman–Crippen LogP) is 3.64. The molecule has 2 aliphatic heterocycles. The molecule has 1 amide bonds. The van der Waals surface area contributed by atoms with Gasteiger partial charge in [0.2, 0.25) is 0 Å². The summed E-state index contributed by atoms with van der Waals surface area (Å²) in [5.74, 6) is 0.686. The van der Waals surface area contributed by atoms with Gasteiger partial charge in [-0.15, -0.1) is 0 Å². The van der Waals surface area contributed by atoms with Gasteiger partial charge in [0.1, 0.15) is 17.1 Å². The van der Waals surface area contributed by atoms with E-state index in [0.717, 1.165) is 24.8 Å². The number of aliphatic imine (C=N–C) groups is 1. The Morgan fingerprint density at radius 3 is 2.60 bits per heavy atom. The minimum absolute atomic E-state index is 0.0681. The third-order valence-corrected chi connectivity index (χ3v) is 6.29. The molecule has 2 heterocycles. The molecule has 0 saturated heterocycles. The van der Waals surface area contributed by atoms with Crippen LogP contribution in [0.2, 0.25) is 0 Å². The number of nitrogens with two attached hydrogens (primary N) is 1. The van der Waals surface area contributed by atoms with Crippen molar-refractivity contribution in [2.45, 2.75) is 43.4 Å². The van der Waals surface area contributed by atoms with Gasteiger partial charge in [-0.05, 0) is 54.7 Å². The molecule has 1 saturated carbocycles. The first-order valence-electron chi connectivity index (χ1n) is 9.84. The maximum absolute atomic E-state index is 13.3. The first-order valence-corrected chi connectivity index (χ1v) is 9.84. The Labute approximate surface area is 172 Å². The minimum atomic E-state index is -2.90. The Balaban J connectivity index is 1.62. The molecule has 1 atom stereocenters. The highest BCUT2D eigenvalue weighted by atomic mass is 19.3. The average Bonchev–Trinajstić information content (AvgIpc) is 2.90. The summed E-state index contributed by atoms with van der Waals surface area (Å²) in [6.07, 6.45) is 3.23. The fourth-order valence-electron chi connectivity index (χ4n) is 4.64. The van der Waals surface area contributed by atoms with Crippen molar-refractivity contribution in [3.63, 3.8) is 0 Å². The highest BCUT2D eigenvalue weighted by molar-refractivity contribution is 6.07. The van der Waals surface area contributed by atoms with Crippen molar-refractivity contribution in [1.29, 1.82) is 0 Å². The highest BCUT2D eigenvalue weighted by Crippen LogP contribution is 2.55. The van der Waals surface area contributed by atoms with Crippen molar-refractivity contribution in [2.24, 2.45) is 10.7 Å². The van der Waals surface area contributed by atoms with E-state index in [1.54, 1.807) is 19.2 Å². The number of guanidine groups is 1. The molecule has 2 N–H and O–H groups in total. The second kappa shape index (κ2) is 6.42. The minimum Gasteiger partial charge on any atom is -0.487 e. The molecule has 3 aliphatic rings. The van der Waals surface area contributed by atoms with E-state index in [4.69, 9.17) is 10.5 Å². The average molecular weight is 413 g/mol. The van der Waals surface area contributed by atoms with Gasteiger partial charge >= 0.3 is 6.61 Å². The van der Waals surface area contributed by atoms with E-state index < -0.39 is 17.8 Å². The SMILES string of the molecule is CN1C(=O)C2(CC3(CCC3)Oc3ccc(-c4cccc(OC(F)F)c4)cc32)N=C1N. The summed E-state index contributed by atoms with van der Waals surface area (Å²) in [7, 11) is 1.62. The van der Waals surface area contributed by atoms with Gasteiger partial charge in [-0.1, -0.05) is 18.2 Å². The number of benzene rings is 2. The summed E-state index contributed by atoms with van der Waals surface area (Å²) >= 11 is 0. The maximum Gasteiger partial charge on any atom is 0.387 e. The molecule has 0 aromatic heterocycles. The molecule has 1 unspecified atom stereocenters. The van der Waals surface area contributed by atoms with Crippen LogP contribution < -0.4 is 15.2 Å². The summed E-state index contributed by atoms with van der Waals surface area (Å²) in [6.45, 7) is -2.90. The van der Waals surface area contributed by atoms with Crippen LogP contribution in [0.1, 0.15) is 31.2 Å². The Hall–Kier alpha value is -3.16. The molecule has 1 fully saturated rings. The molecule has 1 aliphatic carbocycles. The fraction of sp³-hybridized carbons (Fsp3) is 0.364. The van der Waals surface area contributed by atoms with Crippen molar-refractivity contribution >= 4 is 11.9 Å². The molecule has 30 heavy (non-hydrogen) atoms. The van der Waals surface area contributed by atoms with Crippen LogP contribution in [-0.4, -0.2) is 36.0 Å². The Kier molecular flexibility index (Phi) is 4.03. The van der Waals surface area contributed by atoms with Crippen LogP contribution >= 0.6 is 0 Å². The number of likely N-dealkylation sites (N-methyl/N-ethyl adjacent to an activating group) is 1. The van der Waals surface area contributed by atoms with Gasteiger partial charge in [-0.3, -0.25) is 9.69 Å². The van der Waals surface area contributed by atoms with Crippen LogP contribution in [0.25, 0.3) is 11.1 Å². The number of halogens is 2. The van der Waals surface area contributed by atoms with Crippen LogP contribution in [-0.2, 0) is 10.3 Å². The quantitative estimate of drug-likeness (QED) is 0.834. The van der Waals surface area contributed by atoms with E-state index in [9.17, 15) is 13.6 Å². The molecule has 2 aromatic rings. The smallest absolute Gasteiger partial charge is 0.387 e. The number of fused-ring (bicyclic) bond motifs is 2. The lowest BCUT2D eigenvalue weighted by Crippen LogP contribution is -2.54. The van der Waals surface area contributed by atoms with Gasteiger partial charge in [-0.25, -0.2) is 4.99 Å². The number of alkyl halides is 2. The summed E-state index contributed by atoms with van der Waals surface area (Å²) in [5, 5.41) is 0. The second-order valence-electron chi connectivity index (χ2n) is 8.13. The second-order valence-corrected chi connectivity index (χ2v) is 8.13. The largest absolute Gasteiger partial charge is 0.487 e. The van der Waals surface area contributed by atoms with E-state index in [2.05, 4.69) is 9.73 Å². The third kappa shape index (κ3) is 2.74. The number of carbonyl (C=O) groups is 1. The van der Waals surface area contributed by atoms with Gasteiger partial charge in [0, 0.05) is 19.0 Å². The van der Waals surface area contributed by atoms with Crippen LogP contribution in [0.3, 0.4) is 0 Å². The number of hydrogen-bond acceptors (Lipinski definition) is 5. The molecule has 2 aromatic carbocycles. The van der Waals surface area contributed by atoms with Crippen molar-refractivity contribution in [1.82, 2.24) is 4.90 Å². The van der Waals surface area contributed by atoms with Gasteiger partial charge in [0.05, 0.1) is 0 Å². The molecule has 5 rings (SSSR count). The zero-order chi connectivity index (χ0) is 21.1. The molecular formula is C22H21F2N3O3. The normalized spacial score (nSPS) is 23.9. The molecule has 0 bridgehead atoms. The van der Waals surface area contributed by atoms with Gasteiger partial charge in [-0.2, -0.15) is 8.78 Å². The lowest BCUT2D eigenvalue weighted by molar-refractivity contribution is -0.136. The zero-order valence-electron chi connectivity index (χ0n) is 16.4. The van der Waals surface area contributed by atoms with Crippen molar-refractivity contribution in [3.05, 3.63) is 48.0 Å². The predicted molar refractivity (Wildman–Crippen MR) is 106 cm³/mol. The van der Waals surface area contributed by atoms with E-state index in [-0.39, 0.29) is 17.6 Å². The van der Waals surface area contributed by atoms with Crippen molar-refractivity contribution in [3.8, 4) is 22.6 Å². The molecule has 2 spiro atoms. The number of nitrogens with zero attached hydrogens (tertiary/aromatic N) is 2. The van der Waals surface area contributed by atoms with E-state index >= 15 is 0 Å². The Morgan fingerprint density at radius 1 is 1.20 bits per heavy atom. The zero-order valence-corrected chi connectivity index (χ0v) is 16.4. The van der Waals surface area contributed by atoms with E-state index in [1.165, 1.54) is 17.0 Å². The van der Waals surface area contributed by atoms with E-state index in [0.29, 0.717) is 23.3 Å². The number of amides is 1. The molecular weight excluding hydrogens is 392 g/mol. The van der Waals surface area contributed by atoms with Gasteiger partial charge in [0.15, 0.2) is 11.5 Å². The first kappa shape index (κ1) is 18.8. The summed E-state index contributed by atoms with van der Waals surface area (Å²) in [4.78, 5) is 19.3. The molecule has 0 radical (unpaired) electrons. The molecule has 156 valence electrons. The summed E-state index contributed by atoms with van der Waals surface area (Å²) in [6, 6.07) is 12.0. The van der Waals surface area contributed by atoms with Crippen molar-refractivity contribution in [2.75, 3.05) is 7.05 Å². The van der Waals surface area contributed by atoms with Crippen LogP contribution in [0, 0.1) is 0 Å². The van der Waals surface area contributed by atoms with Crippen LogP contribution in [0.5, 0.6) is 11.5 Å². The van der Waals surface area contributed by atoms with Gasteiger partial charge < -0.3 is 15.2 Å².